The molecule has 1 aromatic rings. The summed E-state index contributed by atoms with van der Waals surface area (Å²) in [5.41, 5.74) is -0.00838. The molecule has 0 unspecified atom stereocenters. The number of anilines is 1. The summed E-state index contributed by atoms with van der Waals surface area (Å²) >= 11 is 0. The van der Waals surface area contributed by atoms with Gasteiger partial charge in [-0.1, -0.05) is 12.1 Å². The smallest absolute Gasteiger partial charge is 0.428 e. The molecular formula is C9H11FN2O2. The van der Waals surface area contributed by atoms with E-state index in [2.05, 4.69) is 4.74 Å². The molecule has 0 radical (unpaired) electrons. The maximum Gasteiger partial charge on any atom is 0.428 e. The third kappa shape index (κ3) is 2.20. The fourth-order valence-corrected chi connectivity index (χ4v) is 0.938. The number of benzene rings is 1. The first-order chi connectivity index (χ1) is 6.66. The number of para-hydroxylation sites is 1. The molecule has 4 nitrogen and oxygen atoms in total. The molecule has 0 fully saturated rings. The van der Waals surface area contributed by atoms with Gasteiger partial charge >= 0.3 is 6.09 Å². The van der Waals surface area contributed by atoms with Crippen LogP contribution in [0.1, 0.15) is 6.92 Å². The van der Waals surface area contributed by atoms with E-state index in [1.54, 1.807) is 13.0 Å². The molecule has 0 saturated carbocycles. The van der Waals surface area contributed by atoms with Crippen LogP contribution in [0.5, 0.6) is 0 Å². The molecule has 76 valence electrons. The van der Waals surface area contributed by atoms with Gasteiger partial charge in [-0.05, 0) is 19.1 Å². The summed E-state index contributed by atoms with van der Waals surface area (Å²) in [6, 6.07) is 5.70. The third-order valence-electron chi connectivity index (χ3n) is 1.58. The lowest BCUT2D eigenvalue weighted by atomic mass is 10.3. The Morgan fingerprint density at radius 2 is 2.21 bits per heavy atom. The van der Waals surface area contributed by atoms with Crippen LogP contribution in [0.4, 0.5) is 14.9 Å². The number of carbonyl (C=O) groups is 1. The second kappa shape index (κ2) is 4.57. The highest BCUT2D eigenvalue weighted by Crippen LogP contribution is 2.16. The SMILES string of the molecule is CCOC(=O)N(N)c1ccccc1F. The molecule has 0 bridgehead atoms. The zero-order chi connectivity index (χ0) is 10.6. The molecule has 0 heterocycles. The molecule has 1 amide bonds. The van der Waals surface area contributed by atoms with Gasteiger partial charge in [-0.15, -0.1) is 0 Å². The molecule has 14 heavy (non-hydrogen) atoms. The van der Waals surface area contributed by atoms with Crippen molar-refractivity contribution in [2.45, 2.75) is 6.92 Å². The van der Waals surface area contributed by atoms with Crippen LogP contribution < -0.4 is 10.9 Å². The van der Waals surface area contributed by atoms with Crippen molar-refractivity contribution < 1.29 is 13.9 Å². The normalized spacial score (nSPS) is 9.64. The fraction of sp³-hybridized carbons (Fsp3) is 0.222. The van der Waals surface area contributed by atoms with Crippen molar-refractivity contribution in [2.24, 2.45) is 5.84 Å². The van der Waals surface area contributed by atoms with Gasteiger partial charge in [0.15, 0.2) is 0 Å². The predicted octanol–water partition coefficient (Wildman–Crippen LogP) is 1.66. The van der Waals surface area contributed by atoms with E-state index in [-0.39, 0.29) is 12.3 Å². The van der Waals surface area contributed by atoms with Crippen molar-refractivity contribution in [3.63, 3.8) is 0 Å². The highest BCUT2D eigenvalue weighted by atomic mass is 19.1. The van der Waals surface area contributed by atoms with Crippen LogP contribution in [0.3, 0.4) is 0 Å². The summed E-state index contributed by atoms with van der Waals surface area (Å²) in [6.07, 6.45) is -0.780. The maximum atomic E-state index is 13.1. The lowest BCUT2D eigenvalue weighted by Crippen LogP contribution is -2.38. The number of amides is 1. The molecule has 0 aliphatic heterocycles. The van der Waals surface area contributed by atoms with E-state index < -0.39 is 11.9 Å². The van der Waals surface area contributed by atoms with Gasteiger partial charge in [0.2, 0.25) is 0 Å². The molecule has 1 rings (SSSR count). The van der Waals surface area contributed by atoms with E-state index in [1.165, 1.54) is 18.2 Å². The highest BCUT2D eigenvalue weighted by molar-refractivity contribution is 5.86. The zero-order valence-corrected chi connectivity index (χ0v) is 7.74. The second-order valence-electron chi connectivity index (χ2n) is 2.52. The van der Waals surface area contributed by atoms with E-state index in [9.17, 15) is 9.18 Å². The van der Waals surface area contributed by atoms with Crippen molar-refractivity contribution in [1.82, 2.24) is 0 Å². The first kappa shape index (κ1) is 10.5. The van der Waals surface area contributed by atoms with Gasteiger partial charge in [0.05, 0.1) is 12.3 Å². The average molecular weight is 198 g/mol. The Kier molecular flexibility index (Phi) is 3.41. The zero-order valence-electron chi connectivity index (χ0n) is 7.74. The summed E-state index contributed by atoms with van der Waals surface area (Å²) in [4.78, 5) is 11.1. The summed E-state index contributed by atoms with van der Waals surface area (Å²) in [5, 5.41) is 0.638. The molecule has 2 N–H and O–H groups in total. The van der Waals surface area contributed by atoms with Crippen LogP contribution in [0, 0.1) is 5.82 Å². The van der Waals surface area contributed by atoms with Crippen molar-refractivity contribution >= 4 is 11.8 Å². The number of hydrazine groups is 1. The Morgan fingerprint density at radius 1 is 1.57 bits per heavy atom. The van der Waals surface area contributed by atoms with E-state index in [1.807, 2.05) is 0 Å². The topological polar surface area (TPSA) is 55.6 Å². The Bertz CT molecular complexity index is 330. The van der Waals surface area contributed by atoms with E-state index >= 15 is 0 Å². The Balaban J connectivity index is 2.84. The first-order valence-corrected chi connectivity index (χ1v) is 4.13. The lowest BCUT2D eigenvalue weighted by Gasteiger charge is -2.15. The van der Waals surface area contributed by atoms with Gasteiger partial charge in [-0.3, -0.25) is 0 Å². The minimum Gasteiger partial charge on any atom is -0.449 e. The van der Waals surface area contributed by atoms with Crippen molar-refractivity contribution in [3.05, 3.63) is 30.1 Å². The summed E-state index contributed by atoms with van der Waals surface area (Å²) < 4.78 is 17.7. The quantitative estimate of drug-likeness (QED) is 0.446. The van der Waals surface area contributed by atoms with Gasteiger partial charge in [0.1, 0.15) is 5.82 Å². The minimum atomic E-state index is -0.780. The maximum absolute atomic E-state index is 13.1. The summed E-state index contributed by atoms with van der Waals surface area (Å²) in [5.74, 6) is 4.78. The Hall–Kier alpha value is -1.62. The molecule has 0 saturated heterocycles. The van der Waals surface area contributed by atoms with Crippen LogP contribution in [-0.4, -0.2) is 12.7 Å². The predicted molar refractivity (Wildman–Crippen MR) is 50.1 cm³/mol. The molecule has 0 aliphatic carbocycles. The van der Waals surface area contributed by atoms with Gasteiger partial charge in [-0.25, -0.2) is 20.0 Å². The number of carbonyl (C=O) groups excluding carboxylic acids is 1. The molecular weight excluding hydrogens is 187 g/mol. The second-order valence-corrected chi connectivity index (χ2v) is 2.52. The van der Waals surface area contributed by atoms with Crippen molar-refractivity contribution in [2.75, 3.05) is 11.6 Å². The van der Waals surface area contributed by atoms with Crippen LogP contribution in [-0.2, 0) is 4.74 Å². The van der Waals surface area contributed by atoms with E-state index in [0.717, 1.165) is 0 Å². The van der Waals surface area contributed by atoms with Crippen molar-refractivity contribution in [1.29, 1.82) is 0 Å². The van der Waals surface area contributed by atoms with Gasteiger partial charge < -0.3 is 4.74 Å². The number of ether oxygens (including phenoxy) is 1. The number of hydrogen-bond donors (Lipinski definition) is 1. The van der Waals surface area contributed by atoms with Crippen LogP contribution >= 0.6 is 0 Å². The molecule has 5 heteroatoms. The van der Waals surface area contributed by atoms with Gasteiger partial charge in [0, 0.05) is 0 Å². The first-order valence-electron chi connectivity index (χ1n) is 4.13. The third-order valence-corrected chi connectivity index (χ3v) is 1.58. The number of nitrogens with zero attached hydrogens (tertiary/aromatic N) is 1. The number of halogens is 1. The van der Waals surface area contributed by atoms with Crippen molar-refractivity contribution in [3.8, 4) is 0 Å². The summed E-state index contributed by atoms with van der Waals surface area (Å²) in [6.45, 7) is 1.84. The number of rotatable bonds is 2. The van der Waals surface area contributed by atoms with Crippen LogP contribution in [0.15, 0.2) is 24.3 Å². The molecule has 0 atom stereocenters. The lowest BCUT2D eigenvalue weighted by molar-refractivity contribution is 0.159. The molecule has 0 aromatic heterocycles. The average Bonchev–Trinajstić information content (AvgIpc) is 2.18. The van der Waals surface area contributed by atoms with E-state index in [4.69, 9.17) is 5.84 Å². The molecule has 0 spiro atoms. The van der Waals surface area contributed by atoms with E-state index in [0.29, 0.717) is 5.01 Å². The minimum absolute atomic E-state index is 0.00838. The van der Waals surface area contributed by atoms with Crippen LogP contribution in [0.2, 0.25) is 0 Å². The van der Waals surface area contributed by atoms with Gasteiger partial charge in [-0.2, -0.15) is 0 Å². The molecule has 1 aromatic carbocycles. The number of nitrogens with two attached hydrogens (primary N) is 1. The van der Waals surface area contributed by atoms with Gasteiger partial charge in [0.25, 0.3) is 0 Å². The highest BCUT2D eigenvalue weighted by Gasteiger charge is 2.15. The fourth-order valence-electron chi connectivity index (χ4n) is 0.938. The Morgan fingerprint density at radius 3 is 2.79 bits per heavy atom. The summed E-state index contributed by atoms with van der Waals surface area (Å²) in [7, 11) is 0. The van der Waals surface area contributed by atoms with Crippen LogP contribution in [0.25, 0.3) is 0 Å². The Labute approximate surface area is 81.0 Å². The number of hydrogen-bond acceptors (Lipinski definition) is 3. The monoisotopic (exact) mass is 198 g/mol. The molecule has 0 aliphatic rings. The standard InChI is InChI=1S/C9H11FN2O2/c1-2-14-9(13)12(11)8-6-4-3-5-7(8)10/h3-6H,2,11H2,1H3. The largest absolute Gasteiger partial charge is 0.449 e.